The molecule has 0 radical (unpaired) electrons. The number of rotatable bonds is 6. The normalized spacial score (nSPS) is 12.1. The minimum atomic E-state index is -4.58. The molecule has 3 N–H and O–H groups in total. The van der Waals surface area contributed by atoms with Crippen molar-refractivity contribution in [1.29, 1.82) is 0 Å². The van der Waals surface area contributed by atoms with Gasteiger partial charge in [0.25, 0.3) is 0 Å². The summed E-state index contributed by atoms with van der Waals surface area (Å²) in [5.41, 5.74) is -0.735. The Morgan fingerprint density at radius 1 is 1.03 bits per heavy atom. The average Bonchev–Trinajstić information content (AvgIpc) is 2.70. The van der Waals surface area contributed by atoms with E-state index in [1.165, 1.54) is 26.4 Å². The minimum Gasteiger partial charge on any atom is -0.493 e. The van der Waals surface area contributed by atoms with Crippen LogP contribution in [0.15, 0.2) is 42.5 Å². The van der Waals surface area contributed by atoms with E-state index in [4.69, 9.17) is 9.47 Å². The molecule has 2 amide bonds. The zero-order valence-electron chi connectivity index (χ0n) is 15.5. The molecule has 0 saturated carbocycles. The minimum absolute atomic E-state index is 0.180. The number of amides is 2. The van der Waals surface area contributed by atoms with Crippen molar-refractivity contribution in [3.8, 4) is 11.5 Å². The zero-order valence-corrected chi connectivity index (χ0v) is 15.5. The van der Waals surface area contributed by atoms with Gasteiger partial charge in [-0.25, -0.2) is 0 Å². The van der Waals surface area contributed by atoms with Crippen LogP contribution >= 0.6 is 0 Å². The number of hydrogen-bond acceptors (Lipinski definition) is 5. The summed E-state index contributed by atoms with van der Waals surface area (Å²) < 4.78 is 48.3. The van der Waals surface area contributed by atoms with E-state index >= 15 is 0 Å². The van der Waals surface area contributed by atoms with E-state index in [2.05, 4.69) is 10.6 Å². The summed E-state index contributed by atoms with van der Waals surface area (Å²) in [5, 5.41) is 14.5. The van der Waals surface area contributed by atoms with Crippen molar-refractivity contribution in [2.45, 2.75) is 12.3 Å². The molecule has 0 unspecified atom stereocenters. The molecule has 2 aromatic rings. The van der Waals surface area contributed by atoms with Crippen LogP contribution in [0.3, 0.4) is 0 Å². The number of aliphatic hydroxyl groups is 1. The summed E-state index contributed by atoms with van der Waals surface area (Å²) in [6.45, 7) is -0.301. The molecule has 1 atom stereocenters. The number of aliphatic hydroxyl groups excluding tert-OH is 1. The molecule has 0 bridgehead atoms. The lowest BCUT2D eigenvalue weighted by Crippen LogP contribution is -2.37. The van der Waals surface area contributed by atoms with Crippen LogP contribution in [-0.2, 0) is 15.8 Å². The third kappa shape index (κ3) is 5.85. The predicted molar refractivity (Wildman–Crippen MR) is 97.6 cm³/mol. The quantitative estimate of drug-likeness (QED) is 0.634. The number of benzene rings is 2. The van der Waals surface area contributed by atoms with Crippen molar-refractivity contribution in [3.63, 3.8) is 0 Å². The number of carbonyl (C=O) groups excluding carboxylic acids is 2. The zero-order chi connectivity index (χ0) is 21.6. The van der Waals surface area contributed by atoms with Crippen LogP contribution in [0.1, 0.15) is 17.2 Å². The molecule has 0 spiro atoms. The smallest absolute Gasteiger partial charge is 0.416 e. The van der Waals surface area contributed by atoms with Gasteiger partial charge in [-0.05, 0) is 35.9 Å². The van der Waals surface area contributed by atoms with E-state index in [0.717, 1.165) is 12.1 Å². The van der Waals surface area contributed by atoms with Crippen LogP contribution in [0.2, 0.25) is 0 Å². The molecule has 29 heavy (non-hydrogen) atoms. The molecule has 10 heteroatoms. The number of nitrogens with one attached hydrogen (secondary N) is 2. The highest BCUT2D eigenvalue weighted by atomic mass is 19.4. The third-order valence-electron chi connectivity index (χ3n) is 3.90. The number of anilines is 1. The number of halogens is 3. The van der Waals surface area contributed by atoms with Crippen molar-refractivity contribution in [2.24, 2.45) is 0 Å². The first-order chi connectivity index (χ1) is 13.7. The first-order valence-corrected chi connectivity index (χ1v) is 8.32. The lowest BCUT2D eigenvalue weighted by Gasteiger charge is -2.15. The molecule has 0 aliphatic rings. The Labute approximate surface area is 164 Å². The van der Waals surface area contributed by atoms with E-state index in [1.807, 2.05) is 0 Å². The predicted octanol–water partition coefficient (Wildman–Crippen LogP) is 2.51. The van der Waals surface area contributed by atoms with Crippen molar-refractivity contribution in [2.75, 3.05) is 26.1 Å². The summed E-state index contributed by atoms with van der Waals surface area (Å²) in [5.74, 6) is -1.45. The molecule has 0 aliphatic carbocycles. The van der Waals surface area contributed by atoms with Crippen LogP contribution < -0.4 is 20.1 Å². The van der Waals surface area contributed by atoms with Crippen LogP contribution in [0.5, 0.6) is 11.5 Å². The van der Waals surface area contributed by atoms with E-state index in [0.29, 0.717) is 23.1 Å². The Morgan fingerprint density at radius 3 is 2.34 bits per heavy atom. The fourth-order valence-electron chi connectivity index (χ4n) is 2.41. The summed E-state index contributed by atoms with van der Waals surface area (Å²) >= 11 is 0. The van der Waals surface area contributed by atoms with Crippen LogP contribution in [0.4, 0.5) is 18.9 Å². The van der Waals surface area contributed by atoms with Crippen molar-refractivity contribution in [3.05, 3.63) is 53.6 Å². The van der Waals surface area contributed by atoms with Gasteiger partial charge < -0.3 is 25.2 Å². The Balaban J connectivity index is 1.96. The van der Waals surface area contributed by atoms with Gasteiger partial charge in [0, 0.05) is 12.2 Å². The lowest BCUT2D eigenvalue weighted by atomic mass is 10.1. The molecule has 2 aromatic carbocycles. The van der Waals surface area contributed by atoms with Crippen molar-refractivity contribution >= 4 is 17.5 Å². The molecule has 0 aliphatic heterocycles. The Kier molecular flexibility index (Phi) is 7.05. The molecule has 7 nitrogen and oxygen atoms in total. The van der Waals surface area contributed by atoms with Crippen LogP contribution in [0, 0.1) is 0 Å². The Hall–Kier alpha value is -3.27. The summed E-state index contributed by atoms with van der Waals surface area (Å²) in [6.07, 6.45) is -5.73. The maximum absolute atomic E-state index is 12.7. The van der Waals surface area contributed by atoms with Gasteiger partial charge in [0.05, 0.1) is 25.9 Å². The van der Waals surface area contributed by atoms with Crippen LogP contribution in [0.25, 0.3) is 0 Å². The molecule has 0 fully saturated rings. The summed E-state index contributed by atoms with van der Waals surface area (Å²) in [4.78, 5) is 23.8. The SMILES string of the molecule is COc1ccc([C@H](O)CNC(=O)C(=O)Nc2cccc(C(F)(F)F)c2)cc1OC. The highest BCUT2D eigenvalue weighted by Crippen LogP contribution is 2.31. The van der Waals surface area contributed by atoms with Gasteiger partial charge in [-0.2, -0.15) is 13.2 Å². The van der Waals surface area contributed by atoms with E-state index in [9.17, 15) is 27.9 Å². The molecule has 0 heterocycles. The van der Waals surface area contributed by atoms with Gasteiger partial charge in [-0.3, -0.25) is 9.59 Å². The molecular weight excluding hydrogens is 393 g/mol. The lowest BCUT2D eigenvalue weighted by molar-refractivity contribution is -0.137. The number of methoxy groups -OCH3 is 2. The summed E-state index contributed by atoms with van der Waals surface area (Å²) in [7, 11) is 2.88. The number of hydrogen-bond donors (Lipinski definition) is 3. The van der Waals surface area contributed by atoms with Gasteiger partial charge in [-0.15, -0.1) is 0 Å². The van der Waals surface area contributed by atoms with Crippen molar-refractivity contribution < 1.29 is 37.3 Å². The Morgan fingerprint density at radius 2 is 1.72 bits per heavy atom. The highest BCUT2D eigenvalue weighted by Gasteiger charge is 2.30. The number of ether oxygens (including phenoxy) is 2. The number of carbonyl (C=O) groups is 2. The van der Waals surface area contributed by atoms with E-state index in [-0.39, 0.29) is 12.2 Å². The summed E-state index contributed by atoms with van der Waals surface area (Å²) in [6, 6.07) is 8.52. The maximum atomic E-state index is 12.7. The number of alkyl halides is 3. The first-order valence-electron chi connectivity index (χ1n) is 8.32. The standard InChI is InChI=1S/C19H19F3N2O5/c1-28-15-7-6-11(8-16(15)29-2)14(25)10-23-17(26)18(27)24-13-5-3-4-12(9-13)19(20,21)22/h3-9,14,25H,10H2,1-2H3,(H,23,26)(H,24,27)/t14-/m1/s1. The molecule has 156 valence electrons. The monoisotopic (exact) mass is 412 g/mol. The molecule has 0 aromatic heterocycles. The molecular formula is C19H19F3N2O5. The van der Waals surface area contributed by atoms with E-state index in [1.54, 1.807) is 12.1 Å². The van der Waals surface area contributed by atoms with Gasteiger partial charge in [0.15, 0.2) is 11.5 Å². The average molecular weight is 412 g/mol. The second-order valence-electron chi connectivity index (χ2n) is 5.87. The largest absolute Gasteiger partial charge is 0.493 e. The van der Waals surface area contributed by atoms with Gasteiger partial charge in [0.2, 0.25) is 0 Å². The fourth-order valence-corrected chi connectivity index (χ4v) is 2.41. The van der Waals surface area contributed by atoms with Crippen molar-refractivity contribution in [1.82, 2.24) is 5.32 Å². The van der Waals surface area contributed by atoms with E-state index < -0.39 is 29.7 Å². The van der Waals surface area contributed by atoms with Crippen LogP contribution in [-0.4, -0.2) is 37.7 Å². The Bertz CT molecular complexity index is 886. The van der Waals surface area contributed by atoms with Gasteiger partial charge in [-0.1, -0.05) is 12.1 Å². The molecule has 0 saturated heterocycles. The first kappa shape index (κ1) is 22.0. The second kappa shape index (κ2) is 9.28. The highest BCUT2D eigenvalue weighted by molar-refractivity contribution is 6.39. The maximum Gasteiger partial charge on any atom is 0.416 e. The second-order valence-corrected chi connectivity index (χ2v) is 5.87. The molecule has 2 rings (SSSR count). The third-order valence-corrected chi connectivity index (χ3v) is 3.90. The van der Waals surface area contributed by atoms with Gasteiger partial charge >= 0.3 is 18.0 Å². The fraction of sp³-hybridized carbons (Fsp3) is 0.263. The topological polar surface area (TPSA) is 96.9 Å². The van der Waals surface area contributed by atoms with Gasteiger partial charge in [0.1, 0.15) is 0 Å².